The van der Waals surface area contributed by atoms with Crippen LogP contribution in [0.5, 0.6) is 0 Å². The molecule has 0 fully saturated rings. The molecule has 2 amide bonds. The number of carbonyl (C=O) groups excluding carboxylic acids is 2. The number of aromatic nitrogens is 2. The van der Waals surface area contributed by atoms with E-state index in [0.717, 1.165) is 56.3 Å². The van der Waals surface area contributed by atoms with Crippen LogP contribution in [0.3, 0.4) is 0 Å². The van der Waals surface area contributed by atoms with Crippen LogP contribution >= 0.6 is 0 Å². The van der Waals surface area contributed by atoms with Crippen molar-refractivity contribution in [2.24, 2.45) is 0 Å². The maximum Gasteiger partial charge on any atom is 0.416 e. The fraction of sp³-hybridized carbons (Fsp3) is 0.300. The number of rotatable bonds is 12. The average Bonchev–Trinajstić information content (AvgIpc) is 3.16. The molecule has 0 unspecified atom stereocenters. The van der Waals surface area contributed by atoms with Gasteiger partial charge in [-0.3, -0.25) is 9.59 Å². The Morgan fingerprint density at radius 2 is 1.60 bits per heavy atom. The first-order valence-corrected chi connectivity index (χ1v) is 19.1. The van der Waals surface area contributed by atoms with Gasteiger partial charge in [0.05, 0.1) is 16.2 Å². The van der Waals surface area contributed by atoms with Crippen molar-refractivity contribution < 1.29 is 31.2 Å². The van der Waals surface area contributed by atoms with E-state index in [1.807, 2.05) is 12.1 Å². The summed E-state index contributed by atoms with van der Waals surface area (Å²) in [5, 5.41) is 1.51. The largest absolute Gasteiger partial charge is 0.416 e. The van der Waals surface area contributed by atoms with Crippen LogP contribution < -0.4 is 9.62 Å². The zero-order valence-corrected chi connectivity index (χ0v) is 30.3. The third kappa shape index (κ3) is 8.51. The Bertz CT molecular complexity index is 2250. The Hall–Kier alpha value is -5.30. The number of halogens is 3. The highest BCUT2D eigenvalue weighted by Crippen LogP contribution is 2.33. The molecule has 1 aliphatic heterocycles. The molecule has 9 nitrogen and oxygen atoms in total. The molecule has 0 atom stereocenters. The van der Waals surface area contributed by atoms with E-state index in [-0.39, 0.29) is 29.1 Å². The Morgan fingerprint density at radius 3 is 2.32 bits per heavy atom. The second-order valence-electron chi connectivity index (χ2n) is 13.1. The van der Waals surface area contributed by atoms with Crippen LogP contribution in [0.4, 0.5) is 19.1 Å². The van der Waals surface area contributed by atoms with Crippen LogP contribution in [0, 0.1) is 0 Å². The molecule has 53 heavy (non-hydrogen) atoms. The van der Waals surface area contributed by atoms with E-state index in [4.69, 9.17) is 4.98 Å². The first-order chi connectivity index (χ1) is 25.4. The average molecular weight is 744 g/mol. The van der Waals surface area contributed by atoms with E-state index in [2.05, 4.69) is 28.5 Å². The Labute approximate surface area is 306 Å². The number of hydrogen-bond acceptors (Lipinski definition) is 7. The maximum absolute atomic E-state index is 14.4. The van der Waals surface area contributed by atoms with Gasteiger partial charge < -0.3 is 9.80 Å². The van der Waals surface area contributed by atoms with Crippen LogP contribution in [-0.2, 0) is 29.2 Å². The van der Waals surface area contributed by atoms with E-state index in [9.17, 15) is 31.2 Å². The monoisotopic (exact) mass is 743 g/mol. The molecule has 276 valence electrons. The normalized spacial score (nSPS) is 13.1. The smallest absolute Gasteiger partial charge is 0.341 e. The second kappa shape index (κ2) is 15.7. The number of alkyl halides is 3. The minimum absolute atomic E-state index is 0.0505. The van der Waals surface area contributed by atoms with E-state index >= 15 is 0 Å². The van der Waals surface area contributed by atoms with Crippen LogP contribution in [0.25, 0.3) is 22.0 Å². The third-order valence-corrected chi connectivity index (χ3v) is 10.7. The van der Waals surface area contributed by atoms with Gasteiger partial charge in [0.2, 0.25) is 5.95 Å². The molecule has 13 heteroatoms. The Kier molecular flexibility index (Phi) is 11.1. The standard InChI is InChI=1S/C40H40F3N5O4S/c1-3-5-20-47(21-6-4-2)39-44-19-17-36(45-39)34-16-13-30(37(49)46-53(51,52)33-15-12-27-9-7-8-10-29(27)24-33)25-35(34)38(50)48-22-18-28-11-14-32(40(41,42)43)23-31(28)26-48/h7-17,19,23-25H,3-6,18,20-22,26H2,1-2H3,(H,46,49). The number of amides is 2. The fourth-order valence-electron chi connectivity index (χ4n) is 6.40. The molecule has 0 aliphatic carbocycles. The third-order valence-electron chi connectivity index (χ3n) is 9.37. The summed E-state index contributed by atoms with van der Waals surface area (Å²) < 4.78 is 69.6. The summed E-state index contributed by atoms with van der Waals surface area (Å²) in [6, 6.07) is 21.2. The zero-order valence-electron chi connectivity index (χ0n) is 29.5. The molecule has 0 saturated heterocycles. The lowest BCUT2D eigenvalue weighted by atomic mass is 9.95. The molecule has 1 aromatic heterocycles. The topological polar surface area (TPSA) is 113 Å². The van der Waals surface area contributed by atoms with Gasteiger partial charge >= 0.3 is 6.18 Å². The first-order valence-electron chi connectivity index (χ1n) is 17.6. The van der Waals surface area contributed by atoms with Crippen molar-refractivity contribution in [3.8, 4) is 11.3 Å². The molecule has 6 rings (SSSR count). The molecule has 4 aromatic carbocycles. The molecule has 0 spiro atoms. The molecular formula is C40H40F3N5O4S. The van der Waals surface area contributed by atoms with E-state index in [1.165, 1.54) is 35.2 Å². The number of nitrogens with zero attached hydrogens (tertiary/aromatic N) is 4. The second-order valence-corrected chi connectivity index (χ2v) is 14.8. The summed E-state index contributed by atoms with van der Waals surface area (Å²) >= 11 is 0. The van der Waals surface area contributed by atoms with Crippen molar-refractivity contribution in [2.45, 2.75) is 63.6 Å². The highest BCUT2D eigenvalue weighted by Gasteiger charge is 2.33. The molecule has 1 aliphatic rings. The molecule has 5 aromatic rings. The van der Waals surface area contributed by atoms with Crippen molar-refractivity contribution in [1.29, 1.82) is 0 Å². The van der Waals surface area contributed by atoms with Gasteiger partial charge in [-0.1, -0.05) is 69.2 Å². The van der Waals surface area contributed by atoms with Gasteiger partial charge in [-0.2, -0.15) is 13.2 Å². The number of fused-ring (bicyclic) bond motifs is 2. The van der Waals surface area contributed by atoms with Gasteiger partial charge in [-0.15, -0.1) is 0 Å². The van der Waals surface area contributed by atoms with E-state index < -0.39 is 33.6 Å². The fourth-order valence-corrected chi connectivity index (χ4v) is 7.41. The predicted molar refractivity (Wildman–Crippen MR) is 198 cm³/mol. The summed E-state index contributed by atoms with van der Waals surface area (Å²) in [7, 11) is -4.31. The van der Waals surface area contributed by atoms with Crippen molar-refractivity contribution in [2.75, 3.05) is 24.5 Å². The van der Waals surface area contributed by atoms with Gasteiger partial charge in [-0.05, 0) is 83.6 Å². The van der Waals surface area contributed by atoms with Crippen molar-refractivity contribution in [1.82, 2.24) is 19.6 Å². The molecule has 2 heterocycles. The quantitative estimate of drug-likeness (QED) is 0.138. The maximum atomic E-state index is 14.4. The number of hydrogen-bond donors (Lipinski definition) is 1. The molecule has 0 radical (unpaired) electrons. The minimum Gasteiger partial charge on any atom is -0.341 e. The number of benzene rings is 4. The highest BCUT2D eigenvalue weighted by atomic mass is 32.2. The van der Waals surface area contributed by atoms with Gasteiger partial charge in [0.1, 0.15) is 0 Å². The summed E-state index contributed by atoms with van der Waals surface area (Å²) in [5.41, 5.74) is 1.02. The molecular weight excluding hydrogens is 704 g/mol. The summed E-state index contributed by atoms with van der Waals surface area (Å²) in [5.74, 6) is -1.01. The van der Waals surface area contributed by atoms with Gasteiger partial charge in [-0.25, -0.2) is 23.1 Å². The molecule has 0 saturated carbocycles. The van der Waals surface area contributed by atoms with Crippen molar-refractivity contribution >= 4 is 38.6 Å². The number of anilines is 1. The van der Waals surface area contributed by atoms with E-state index in [0.29, 0.717) is 40.1 Å². The van der Waals surface area contributed by atoms with Crippen LogP contribution in [-0.4, -0.2) is 54.7 Å². The van der Waals surface area contributed by atoms with Crippen LogP contribution in [0.2, 0.25) is 0 Å². The lowest BCUT2D eigenvalue weighted by Gasteiger charge is -2.30. The van der Waals surface area contributed by atoms with Gasteiger partial charge in [0.15, 0.2) is 0 Å². The SMILES string of the molecule is CCCCN(CCCC)c1nccc(-c2ccc(C(=O)NS(=O)(=O)c3ccc4ccccc4c3)cc2C(=O)N2CCc3ccc(C(F)(F)F)cc3C2)n1. The van der Waals surface area contributed by atoms with E-state index in [1.54, 1.807) is 36.5 Å². The highest BCUT2D eigenvalue weighted by molar-refractivity contribution is 7.90. The lowest BCUT2D eigenvalue weighted by molar-refractivity contribution is -0.137. The van der Waals surface area contributed by atoms with Gasteiger partial charge in [0, 0.05) is 49.1 Å². The minimum atomic E-state index is -4.55. The molecule has 0 bridgehead atoms. The number of nitrogens with one attached hydrogen (secondary N) is 1. The summed E-state index contributed by atoms with van der Waals surface area (Å²) in [6.45, 7) is 5.82. The Balaban J connectivity index is 1.37. The van der Waals surface area contributed by atoms with Crippen LogP contribution in [0.15, 0.2) is 96.0 Å². The summed E-state index contributed by atoms with van der Waals surface area (Å²) in [6.07, 6.45) is 1.20. The van der Waals surface area contributed by atoms with Crippen LogP contribution in [0.1, 0.15) is 76.9 Å². The zero-order chi connectivity index (χ0) is 37.8. The number of unbranched alkanes of at least 4 members (excludes halogenated alkanes) is 2. The summed E-state index contributed by atoms with van der Waals surface area (Å²) in [4.78, 5) is 40.8. The lowest BCUT2D eigenvalue weighted by Crippen LogP contribution is -2.37. The predicted octanol–water partition coefficient (Wildman–Crippen LogP) is 8.04. The number of carbonyl (C=O) groups is 2. The van der Waals surface area contributed by atoms with Gasteiger partial charge in [0.25, 0.3) is 21.8 Å². The van der Waals surface area contributed by atoms with Crippen molar-refractivity contribution in [3.63, 3.8) is 0 Å². The van der Waals surface area contributed by atoms with Crippen molar-refractivity contribution in [3.05, 3.63) is 119 Å². The number of sulfonamides is 1. The Morgan fingerprint density at radius 1 is 0.868 bits per heavy atom. The first kappa shape index (κ1) is 37.5. The molecule has 1 N–H and O–H groups in total.